The van der Waals surface area contributed by atoms with Gasteiger partial charge in [-0.05, 0) is 32.0 Å². The smallest absolute Gasteiger partial charge is 0.380 e. The molecule has 1 aromatic carbocycles. The monoisotopic (exact) mass is 561 g/mol. The van der Waals surface area contributed by atoms with Crippen LogP contribution in [0.2, 0.25) is 0 Å². The number of alkyl halides is 2. The fourth-order valence-corrected chi connectivity index (χ4v) is 5.86. The van der Waals surface area contributed by atoms with Crippen LogP contribution >= 0.6 is 19.2 Å². The molecule has 2 unspecified atom stereocenters. The van der Waals surface area contributed by atoms with E-state index in [0.29, 0.717) is 0 Å². The first-order valence-electron chi connectivity index (χ1n) is 11.5. The lowest BCUT2D eigenvalue weighted by Crippen LogP contribution is -2.46. The number of ether oxygens (including phenoxy) is 2. The maximum Gasteiger partial charge on any atom is 0.380 e. The van der Waals surface area contributed by atoms with Crippen molar-refractivity contribution in [1.29, 1.82) is 0 Å². The molecule has 0 bridgehead atoms. The summed E-state index contributed by atoms with van der Waals surface area (Å²) >= 11 is 6.38. The number of carbonyl (C=O) groups is 1. The third-order valence-corrected chi connectivity index (χ3v) is 8.08. The van der Waals surface area contributed by atoms with Gasteiger partial charge >= 0.3 is 19.3 Å². The Balaban J connectivity index is 1.82. The van der Waals surface area contributed by atoms with Gasteiger partial charge in [-0.15, -0.1) is 11.6 Å². The summed E-state index contributed by atoms with van der Waals surface area (Å²) in [6.45, 7) is 3.05. The Hall–Kier alpha value is -2.50. The number of hydrogen-bond donors (Lipinski definition) is 2. The Morgan fingerprint density at radius 1 is 1.32 bits per heavy atom. The summed E-state index contributed by atoms with van der Waals surface area (Å²) in [6, 6.07) is 9.44. The molecule has 0 spiro atoms. The van der Waals surface area contributed by atoms with Gasteiger partial charge in [0.05, 0.1) is 24.8 Å². The predicted octanol–water partition coefficient (Wildman–Crippen LogP) is 2.91. The number of nitrogens with zero attached hydrogens (tertiary/aromatic N) is 2. The van der Waals surface area contributed by atoms with Crippen LogP contribution < -0.4 is 15.9 Å². The van der Waals surface area contributed by atoms with Gasteiger partial charge in [0, 0.05) is 6.20 Å². The Labute approximate surface area is 218 Å². The van der Waals surface area contributed by atoms with Crippen molar-refractivity contribution in [1.82, 2.24) is 9.55 Å². The Morgan fingerprint density at radius 3 is 2.59 bits per heavy atom. The molecule has 14 heteroatoms. The molecule has 0 radical (unpaired) electrons. The fraction of sp³-hybridized carbons (Fsp3) is 0.522. The number of para-hydroxylation sites is 1. The predicted molar refractivity (Wildman–Crippen MR) is 133 cm³/mol. The Bertz CT molecular complexity index is 1190. The molecule has 2 heterocycles. The number of hydrogen-bond acceptors (Lipinski definition) is 10. The van der Waals surface area contributed by atoms with Gasteiger partial charge in [-0.1, -0.05) is 25.1 Å². The van der Waals surface area contributed by atoms with Crippen molar-refractivity contribution in [2.45, 2.75) is 50.2 Å². The van der Waals surface area contributed by atoms with E-state index >= 15 is 0 Å². The van der Waals surface area contributed by atoms with E-state index in [4.69, 9.17) is 35.9 Å². The summed E-state index contributed by atoms with van der Waals surface area (Å²) in [5.41, 5.74) is 4.64. The lowest BCUT2D eigenvalue weighted by Gasteiger charge is -2.27. The van der Waals surface area contributed by atoms with Crippen LogP contribution in [0.4, 0.5) is 10.2 Å². The largest absolute Gasteiger partial charge is 0.463 e. The van der Waals surface area contributed by atoms with Crippen molar-refractivity contribution < 1.29 is 37.4 Å². The minimum Gasteiger partial charge on any atom is -0.463 e. The van der Waals surface area contributed by atoms with Gasteiger partial charge in [-0.3, -0.25) is 13.9 Å². The van der Waals surface area contributed by atoms with Crippen LogP contribution in [0.15, 0.2) is 47.4 Å². The zero-order chi connectivity index (χ0) is 27.4. The lowest BCUT2D eigenvalue weighted by molar-refractivity contribution is -0.151. The fourth-order valence-electron chi connectivity index (χ4n) is 3.69. The van der Waals surface area contributed by atoms with Gasteiger partial charge in [-0.25, -0.2) is 13.8 Å². The molecule has 11 nitrogen and oxygen atoms in total. The Morgan fingerprint density at radius 2 is 2.00 bits per heavy atom. The quantitative estimate of drug-likeness (QED) is 0.238. The minimum absolute atomic E-state index is 0.0655. The molecule has 1 aliphatic heterocycles. The summed E-state index contributed by atoms with van der Waals surface area (Å²) in [5.74, 6) is -1.31. The average molecular weight is 562 g/mol. The van der Waals surface area contributed by atoms with E-state index < -0.39 is 61.8 Å². The van der Waals surface area contributed by atoms with Crippen molar-refractivity contribution in [2.24, 2.45) is 5.92 Å². The van der Waals surface area contributed by atoms with E-state index in [-0.39, 0.29) is 23.8 Å². The van der Waals surface area contributed by atoms with E-state index in [9.17, 15) is 23.7 Å². The number of aliphatic hydroxyl groups is 1. The summed E-state index contributed by atoms with van der Waals surface area (Å²) in [4.78, 5) is 26.2. The minimum atomic E-state index is -4.06. The highest BCUT2D eigenvalue weighted by molar-refractivity contribution is 7.54. The van der Waals surface area contributed by atoms with Crippen LogP contribution in [-0.2, 0) is 23.4 Å². The van der Waals surface area contributed by atoms with Crippen LogP contribution in [0.1, 0.15) is 27.0 Å². The van der Waals surface area contributed by atoms with Crippen molar-refractivity contribution in [3.8, 4) is 5.75 Å². The van der Waals surface area contributed by atoms with E-state index in [1.165, 1.54) is 19.2 Å². The van der Waals surface area contributed by atoms with Gasteiger partial charge in [-0.2, -0.15) is 4.98 Å². The molecule has 1 saturated heterocycles. The van der Waals surface area contributed by atoms with E-state index in [1.54, 1.807) is 44.2 Å². The number of anilines is 1. The van der Waals surface area contributed by atoms with Gasteiger partial charge in [0.2, 0.25) is 0 Å². The second-order valence-corrected chi connectivity index (χ2v) is 11.7. The number of esters is 1. The number of nitrogens with two attached hydrogens (primary N) is 1. The first kappa shape index (κ1) is 29.1. The van der Waals surface area contributed by atoms with Crippen LogP contribution in [0.5, 0.6) is 5.75 Å². The van der Waals surface area contributed by atoms with E-state index in [0.717, 1.165) is 4.57 Å². The van der Waals surface area contributed by atoms with E-state index in [1.807, 2.05) is 0 Å². The van der Waals surface area contributed by atoms with Crippen LogP contribution in [0.3, 0.4) is 0 Å². The first-order valence-corrected chi connectivity index (χ1v) is 13.6. The number of aromatic nitrogens is 2. The number of aliphatic hydroxyl groups excluding tert-OH is 1. The molecule has 204 valence electrons. The molecule has 0 saturated carbocycles. The van der Waals surface area contributed by atoms with Gasteiger partial charge in [0.1, 0.15) is 35.3 Å². The number of nitrogen functional groups attached to an aromatic ring is 1. The molecular weight excluding hydrogens is 532 g/mol. The zero-order valence-corrected chi connectivity index (χ0v) is 22.2. The average Bonchev–Trinajstić information content (AvgIpc) is 3.08. The van der Waals surface area contributed by atoms with Crippen molar-refractivity contribution >= 4 is 31.0 Å². The van der Waals surface area contributed by atoms with Crippen molar-refractivity contribution in [2.75, 3.05) is 25.2 Å². The number of rotatable bonds is 11. The molecule has 0 amide bonds. The van der Waals surface area contributed by atoms with Gasteiger partial charge in [0.25, 0.3) is 0 Å². The van der Waals surface area contributed by atoms with Crippen molar-refractivity contribution in [3.05, 3.63) is 53.1 Å². The summed E-state index contributed by atoms with van der Waals surface area (Å²) in [6.07, 6.45) is -3.99. The molecule has 37 heavy (non-hydrogen) atoms. The van der Waals surface area contributed by atoms with Crippen LogP contribution in [-0.4, -0.2) is 63.3 Å². The Kier molecular flexibility index (Phi) is 9.36. The lowest BCUT2D eigenvalue weighted by atomic mass is 10.00. The normalized spacial score (nSPS) is 26.0. The third kappa shape index (κ3) is 6.88. The molecular formula is C23H30ClFN3O8P. The number of halogens is 2. The first-order chi connectivity index (χ1) is 17.4. The highest BCUT2D eigenvalue weighted by atomic mass is 35.5. The van der Waals surface area contributed by atoms with Gasteiger partial charge in [0.15, 0.2) is 6.23 Å². The molecule has 1 aliphatic rings. The summed E-state index contributed by atoms with van der Waals surface area (Å²) in [7, 11) is -4.06. The molecule has 1 fully saturated rings. The van der Waals surface area contributed by atoms with E-state index in [2.05, 4.69) is 4.98 Å². The number of carbonyl (C=O) groups excluding carboxylic acids is 1. The van der Waals surface area contributed by atoms with Crippen molar-refractivity contribution in [3.63, 3.8) is 0 Å². The maximum absolute atomic E-state index is 14.1. The summed E-state index contributed by atoms with van der Waals surface area (Å²) in [5, 5.41) is 10.8. The standard InChI is InChI=1S/C23H30ClFN3O8P/c1-14(2)34-20(30)15(3)12-37(32,36-16-7-5-4-6-8-16)33-11-17-19(29)23(24,13-25)21(35-17)28-10-9-18(26)27-22(28)31/h4-10,14-15,17,19,21,29H,11-13H2,1-3H3,(H2,26,27,31)/t15-,17-,19+,21-,23?,37?/m1/s1. The van der Waals surface area contributed by atoms with Crippen LogP contribution in [0, 0.1) is 5.92 Å². The summed E-state index contributed by atoms with van der Waals surface area (Å²) < 4.78 is 50.9. The number of benzene rings is 1. The molecule has 3 rings (SSSR count). The zero-order valence-electron chi connectivity index (χ0n) is 20.5. The highest BCUT2D eigenvalue weighted by Crippen LogP contribution is 2.51. The molecule has 2 aromatic rings. The third-order valence-electron chi connectivity index (χ3n) is 5.54. The molecule has 3 N–H and O–H groups in total. The molecule has 1 aromatic heterocycles. The SMILES string of the molecule is CC(C)OC(=O)[C@H](C)CP(=O)(OC[C@H]1O[C@@H](n2ccc(N)nc2=O)C(Cl)(CF)[C@H]1O)Oc1ccccc1. The highest BCUT2D eigenvalue weighted by Gasteiger charge is 2.57. The molecule has 0 aliphatic carbocycles. The van der Waals surface area contributed by atoms with Crippen LogP contribution in [0.25, 0.3) is 0 Å². The topological polar surface area (TPSA) is 152 Å². The van der Waals surface area contributed by atoms with Gasteiger partial charge < -0.3 is 24.8 Å². The second kappa shape index (κ2) is 11.9. The molecule has 6 atom stereocenters. The second-order valence-electron chi connectivity index (χ2n) is 8.95. The maximum atomic E-state index is 14.1.